The lowest BCUT2D eigenvalue weighted by Gasteiger charge is -2.33. The van der Waals surface area contributed by atoms with Crippen molar-refractivity contribution in [3.05, 3.63) is 0 Å². The van der Waals surface area contributed by atoms with Crippen LogP contribution >= 0.6 is 0 Å². The Labute approximate surface area is 112 Å². The molecule has 0 radical (unpaired) electrons. The number of carboxylic acids is 1. The standard InChI is InChI=1S/C13H21NO5/c1-18-8-9-4-6-14(7-5-9)12(15)10-2-3-11(19-10)13(16)17/h9-11H,2-8H2,1H3,(H,16,17)/t10-,11+/m0/s1. The van der Waals surface area contributed by atoms with E-state index in [-0.39, 0.29) is 5.91 Å². The minimum absolute atomic E-state index is 0.0559. The van der Waals surface area contributed by atoms with E-state index >= 15 is 0 Å². The predicted molar refractivity (Wildman–Crippen MR) is 66.7 cm³/mol. The van der Waals surface area contributed by atoms with Crippen molar-refractivity contribution in [2.75, 3.05) is 26.8 Å². The van der Waals surface area contributed by atoms with Gasteiger partial charge in [-0.15, -0.1) is 0 Å². The molecule has 6 heteroatoms. The first kappa shape index (κ1) is 14.3. The van der Waals surface area contributed by atoms with Crippen LogP contribution in [-0.2, 0) is 19.1 Å². The predicted octanol–water partition coefficient (Wildman–Crippen LogP) is 0.504. The molecule has 0 aromatic heterocycles. The van der Waals surface area contributed by atoms with Gasteiger partial charge in [0.2, 0.25) is 0 Å². The van der Waals surface area contributed by atoms with Crippen molar-refractivity contribution in [2.24, 2.45) is 5.92 Å². The maximum absolute atomic E-state index is 12.2. The Morgan fingerprint density at radius 2 is 1.84 bits per heavy atom. The molecule has 1 N–H and O–H groups in total. The van der Waals surface area contributed by atoms with Crippen LogP contribution in [0.5, 0.6) is 0 Å². The lowest BCUT2D eigenvalue weighted by atomic mass is 9.97. The second-order valence-electron chi connectivity index (χ2n) is 5.25. The molecular formula is C13H21NO5. The summed E-state index contributed by atoms with van der Waals surface area (Å²) in [5.74, 6) is -0.515. The van der Waals surface area contributed by atoms with Gasteiger partial charge < -0.3 is 19.5 Å². The van der Waals surface area contributed by atoms with Gasteiger partial charge in [-0.25, -0.2) is 4.79 Å². The summed E-state index contributed by atoms with van der Waals surface area (Å²) < 4.78 is 10.4. The van der Waals surface area contributed by atoms with Gasteiger partial charge in [-0.05, 0) is 31.6 Å². The SMILES string of the molecule is COCC1CCN(C(=O)[C@@H]2CC[C@H](C(=O)O)O2)CC1. The largest absolute Gasteiger partial charge is 0.479 e. The minimum atomic E-state index is -0.978. The van der Waals surface area contributed by atoms with Crippen LogP contribution in [-0.4, -0.2) is 60.9 Å². The van der Waals surface area contributed by atoms with Gasteiger partial charge in [0.15, 0.2) is 6.10 Å². The highest BCUT2D eigenvalue weighted by molar-refractivity contribution is 5.82. The topological polar surface area (TPSA) is 76.1 Å². The van der Waals surface area contributed by atoms with Gasteiger partial charge in [0.25, 0.3) is 5.91 Å². The van der Waals surface area contributed by atoms with Gasteiger partial charge in [0.1, 0.15) is 6.10 Å². The van der Waals surface area contributed by atoms with Crippen LogP contribution in [0.2, 0.25) is 0 Å². The zero-order valence-corrected chi connectivity index (χ0v) is 11.2. The Morgan fingerprint density at radius 3 is 2.37 bits per heavy atom. The number of carbonyl (C=O) groups is 2. The zero-order chi connectivity index (χ0) is 13.8. The lowest BCUT2D eigenvalue weighted by Crippen LogP contribution is -2.44. The van der Waals surface area contributed by atoms with E-state index in [1.165, 1.54) is 0 Å². The van der Waals surface area contributed by atoms with E-state index in [0.717, 1.165) is 19.4 Å². The molecule has 19 heavy (non-hydrogen) atoms. The van der Waals surface area contributed by atoms with Crippen LogP contribution in [0.1, 0.15) is 25.7 Å². The average Bonchev–Trinajstić information content (AvgIpc) is 2.89. The van der Waals surface area contributed by atoms with Crippen molar-refractivity contribution in [1.29, 1.82) is 0 Å². The number of hydrogen-bond acceptors (Lipinski definition) is 4. The smallest absolute Gasteiger partial charge is 0.332 e. The molecule has 2 aliphatic heterocycles. The molecule has 2 atom stereocenters. The van der Waals surface area contributed by atoms with Crippen molar-refractivity contribution in [3.8, 4) is 0 Å². The molecule has 2 saturated heterocycles. The molecule has 0 saturated carbocycles. The molecule has 1 amide bonds. The number of carbonyl (C=O) groups excluding carboxylic acids is 1. The molecule has 0 unspecified atom stereocenters. The Kier molecular flexibility index (Phi) is 4.76. The number of methoxy groups -OCH3 is 1. The van der Waals surface area contributed by atoms with E-state index in [1.54, 1.807) is 12.0 Å². The third-order valence-corrected chi connectivity index (χ3v) is 3.90. The highest BCUT2D eigenvalue weighted by atomic mass is 16.5. The average molecular weight is 271 g/mol. The number of rotatable bonds is 4. The fourth-order valence-corrected chi connectivity index (χ4v) is 2.76. The molecule has 0 bridgehead atoms. The molecule has 6 nitrogen and oxygen atoms in total. The van der Waals surface area contributed by atoms with E-state index < -0.39 is 18.2 Å². The molecule has 2 rings (SSSR count). The van der Waals surface area contributed by atoms with Crippen LogP contribution in [0.4, 0.5) is 0 Å². The number of piperidine rings is 1. The van der Waals surface area contributed by atoms with Crippen LogP contribution in [0.3, 0.4) is 0 Å². The van der Waals surface area contributed by atoms with Gasteiger partial charge in [0.05, 0.1) is 0 Å². The molecule has 0 aromatic rings. The first-order valence-corrected chi connectivity index (χ1v) is 6.77. The van der Waals surface area contributed by atoms with E-state index in [1.807, 2.05) is 0 Å². The molecule has 0 spiro atoms. The molecule has 0 aromatic carbocycles. The summed E-state index contributed by atoms with van der Waals surface area (Å²) in [6, 6.07) is 0. The van der Waals surface area contributed by atoms with Gasteiger partial charge in [0, 0.05) is 26.8 Å². The normalized spacial score (nSPS) is 28.6. The summed E-state index contributed by atoms with van der Waals surface area (Å²) in [5, 5.41) is 8.85. The Balaban J connectivity index is 1.80. The number of carboxylic acid groups (broad SMARTS) is 1. The van der Waals surface area contributed by atoms with Crippen molar-refractivity contribution in [3.63, 3.8) is 0 Å². The number of amides is 1. The highest BCUT2D eigenvalue weighted by Crippen LogP contribution is 2.24. The first-order valence-electron chi connectivity index (χ1n) is 6.77. The Morgan fingerprint density at radius 1 is 1.21 bits per heavy atom. The molecule has 2 fully saturated rings. The summed E-state index contributed by atoms with van der Waals surface area (Å²) in [5.41, 5.74) is 0. The third-order valence-electron chi connectivity index (χ3n) is 3.90. The number of nitrogens with zero attached hydrogens (tertiary/aromatic N) is 1. The van der Waals surface area contributed by atoms with Crippen LogP contribution in [0.25, 0.3) is 0 Å². The Hall–Kier alpha value is -1.14. The van der Waals surface area contributed by atoms with Gasteiger partial charge >= 0.3 is 5.97 Å². The molecule has 0 aliphatic carbocycles. The van der Waals surface area contributed by atoms with Crippen molar-refractivity contribution in [1.82, 2.24) is 4.90 Å². The molecular weight excluding hydrogens is 250 g/mol. The first-order chi connectivity index (χ1) is 9.11. The summed E-state index contributed by atoms with van der Waals surface area (Å²) in [6.07, 6.45) is 1.42. The number of hydrogen-bond donors (Lipinski definition) is 1. The third kappa shape index (κ3) is 3.45. The van der Waals surface area contributed by atoms with Crippen LogP contribution in [0.15, 0.2) is 0 Å². The van der Waals surface area contributed by atoms with Gasteiger partial charge in [-0.2, -0.15) is 0 Å². The van der Waals surface area contributed by atoms with Crippen molar-refractivity contribution < 1.29 is 24.2 Å². The van der Waals surface area contributed by atoms with Crippen LogP contribution < -0.4 is 0 Å². The number of ether oxygens (including phenoxy) is 2. The van der Waals surface area contributed by atoms with Crippen LogP contribution in [0, 0.1) is 5.92 Å². The molecule has 2 heterocycles. The maximum Gasteiger partial charge on any atom is 0.332 e. The summed E-state index contributed by atoms with van der Waals surface area (Å²) in [4.78, 5) is 24.8. The van der Waals surface area contributed by atoms with E-state index in [2.05, 4.69) is 0 Å². The molecule has 2 aliphatic rings. The zero-order valence-electron chi connectivity index (χ0n) is 11.2. The van der Waals surface area contributed by atoms with E-state index in [0.29, 0.717) is 31.8 Å². The van der Waals surface area contributed by atoms with E-state index in [4.69, 9.17) is 14.6 Å². The van der Waals surface area contributed by atoms with Crippen molar-refractivity contribution in [2.45, 2.75) is 37.9 Å². The monoisotopic (exact) mass is 271 g/mol. The van der Waals surface area contributed by atoms with E-state index in [9.17, 15) is 9.59 Å². The second-order valence-corrected chi connectivity index (χ2v) is 5.25. The fraction of sp³-hybridized carbons (Fsp3) is 0.846. The maximum atomic E-state index is 12.2. The summed E-state index contributed by atoms with van der Waals surface area (Å²) >= 11 is 0. The summed E-state index contributed by atoms with van der Waals surface area (Å²) in [7, 11) is 1.69. The van der Waals surface area contributed by atoms with Gasteiger partial charge in [-0.3, -0.25) is 4.79 Å². The molecule has 108 valence electrons. The second kappa shape index (κ2) is 6.34. The number of likely N-dealkylation sites (tertiary alicyclic amines) is 1. The van der Waals surface area contributed by atoms with Crippen molar-refractivity contribution >= 4 is 11.9 Å². The highest BCUT2D eigenvalue weighted by Gasteiger charge is 2.37. The van der Waals surface area contributed by atoms with Gasteiger partial charge in [-0.1, -0.05) is 0 Å². The quantitative estimate of drug-likeness (QED) is 0.806. The minimum Gasteiger partial charge on any atom is -0.479 e. The lowest BCUT2D eigenvalue weighted by molar-refractivity contribution is -0.155. The number of aliphatic carboxylic acids is 1. The Bertz CT molecular complexity index is 338. The fourth-order valence-electron chi connectivity index (χ4n) is 2.76. The summed E-state index contributed by atoms with van der Waals surface area (Å²) in [6.45, 7) is 2.16.